The third-order valence-corrected chi connectivity index (χ3v) is 2.69. The van der Waals surface area contributed by atoms with Crippen molar-refractivity contribution in [3.05, 3.63) is 35.4 Å². The van der Waals surface area contributed by atoms with Crippen molar-refractivity contribution in [1.29, 1.82) is 0 Å². The Kier molecular flexibility index (Phi) is 6.31. The minimum Gasteiger partial charge on any atom is -0.723 e. The Bertz CT molecular complexity index is 332. The van der Waals surface area contributed by atoms with Gasteiger partial charge in [0.05, 0.1) is 5.60 Å². The molecule has 0 unspecified atom stereocenters. The molecular formula is C12H17NaO4. The van der Waals surface area contributed by atoms with Gasteiger partial charge in [-0.2, -0.15) is 0 Å². The first kappa shape index (κ1) is 17.1. The normalized spacial score (nSPS) is 12.1. The van der Waals surface area contributed by atoms with Crippen molar-refractivity contribution >= 4 is 0 Å². The average Bonchev–Trinajstić information content (AvgIpc) is 2.29. The summed E-state index contributed by atoms with van der Waals surface area (Å²) in [5.41, 5.74) is -0.195. The van der Waals surface area contributed by atoms with E-state index in [4.69, 9.17) is 5.26 Å². The van der Waals surface area contributed by atoms with Crippen molar-refractivity contribution in [1.82, 2.24) is 0 Å². The van der Waals surface area contributed by atoms with Crippen LogP contribution in [0.4, 0.5) is 0 Å². The van der Waals surface area contributed by atoms with Crippen LogP contribution >= 0.6 is 0 Å². The van der Waals surface area contributed by atoms with E-state index in [1.165, 1.54) is 0 Å². The van der Waals surface area contributed by atoms with E-state index in [9.17, 15) is 5.26 Å². The van der Waals surface area contributed by atoms with Crippen molar-refractivity contribution in [2.45, 2.75) is 38.9 Å². The average molecular weight is 248 g/mol. The Labute approximate surface area is 124 Å². The molecule has 0 aliphatic heterocycles. The maximum absolute atomic E-state index is 10.6. The maximum atomic E-state index is 10.6. The molecule has 0 aliphatic rings. The first-order valence-electron chi connectivity index (χ1n) is 5.08. The standard InChI is InChI=1S/C12H18O4.Na/c1-11(2,15-13)9-6-5-7-10(8-9)12(3,4)16-14;/h5-8,13-14H,1-4H3;/q;+1/p-1. The van der Waals surface area contributed by atoms with E-state index in [-0.39, 0.29) is 29.6 Å². The van der Waals surface area contributed by atoms with Gasteiger partial charge in [0.1, 0.15) is 5.60 Å². The zero-order valence-corrected chi connectivity index (χ0v) is 13.0. The number of benzene rings is 1. The number of hydrogen-bond donors (Lipinski definition) is 1. The molecule has 1 aromatic rings. The van der Waals surface area contributed by atoms with Crippen LogP contribution in [0.15, 0.2) is 24.3 Å². The molecular weight excluding hydrogens is 231 g/mol. The molecule has 0 spiro atoms. The summed E-state index contributed by atoms with van der Waals surface area (Å²) in [6.07, 6.45) is 0. The van der Waals surface area contributed by atoms with Crippen LogP contribution in [-0.4, -0.2) is 5.26 Å². The summed E-state index contributed by atoms with van der Waals surface area (Å²) in [4.78, 5) is 8.58. The predicted octanol–water partition coefficient (Wildman–Crippen LogP) is -1.06. The molecule has 17 heavy (non-hydrogen) atoms. The molecule has 0 saturated carbocycles. The van der Waals surface area contributed by atoms with E-state index in [0.29, 0.717) is 0 Å². The van der Waals surface area contributed by atoms with Gasteiger partial charge in [0.25, 0.3) is 0 Å². The minimum absolute atomic E-state index is 0. The van der Waals surface area contributed by atoms with Crippen molar-refractivity contribution in [2.24, 2.45) is 0 Å². The Hall–Kier alpha value is 0.0600. The Morgan fingerprint density at radius 2 is 1.53 bits per heavy atom. The number of rotatable bonds is 4. The third kappa shape index (κ3) is 4.03. The molecule has 0 radical (unpaired) electrons. The smallest absolute Gasteiger partial charge is 0.723 e. The van der Waals surface area contributed by atoms with Gasteiger partial charge in [-0.05, 0) is 44.9 Å². The molecule has 1 aromatic carbocycles. The van der Waals surface area contributed by atoms with Crippen LogP contribution in [0.3, 0.4) is 0 Å². The Balaban J connectivity index is 0.00000256. The van der Waals surface area contributed by atoms with E-state index in [1.807, 2.05) is 6.07 Å². The molecule has 0 amide bonds. The molecule has 1 rings (SSSR count). The van der Waals surface area contributed by atoms with Crippen molar-refractivity contribution in [3.63, 3.8) is 0 Å². The largest absolute Gasteiger partial charge is 1.00 e. The van der Waals surface area contributed by atoms with Gasteiger partial charge in [0, 0.05) is 0 Å². The summed E-state index contributed by atoms with van der Waals surface area (Å²) in [5, 5.41) is 19.4. The van der Waals surface area contributed by atoms with Gasteiger partial charge in [-0.3, -0.25) is 5.26 Å². The molecule has 0 fully saturated rings. The molecule has 0 bridgehead atoms. The van der Waals surface area contributed by atoms with Gasteiger partial charge in [0.15, 0.2) is 0 Å². The second kappa shape index (κ2) is 6.29. The van der Waals surface area contributed by atoms with E-state index >= 15 is 0 Å². The van der Waals surface area contributed by atoms with Crippen LogP contribution in [0, 0.1) is 0 Å². The van der Waals surface area contributed by atoms with Gasteiger partial charge in [-0.1, -0.05) is 18.2 Å². The summed E-state index contributed by atoms with van der Waals surface area (Å²) in [6, 6.07) is 7.20. The quantitative estimate of drug-likeness (QED) is 0.419. The molecule has 0 aliphatic carbocycles. The molecule has 1 N–H and O–H groups in total. The fraction of sp³-hybridized carbons (Fsp3) is 0.500. The molecule has 0 saturated heterocycles. The zero-order valence-electron chi connectivity index (χ0n) is 11.0. The maximum Gasteiger partial charge on any atom is 1.00 e. The van der Waals surface area contributed by atoms with Gasteiger partial charge in [-0.15, -0.1) is 0 Å². The van der Waals surface area contributed by atoms with E-state index < -0.39 is 11.2 Å². The predicted molar refractivity (Wildman–Crippen MR) is 57.3 cm³/mol. The summed E-state index contributed by atoms with van der Waals surface area (Å²) >= 11 is 0. The van der Waals surface area contributed by atoms with Crippen molar-refractivity contribution in [2.75, 3.05) is 0 Å². The molecule has 0 atom stereocenters. The summed E-state index contributed by atoms with van der Waals surface area (Å²) in [5.74, 6) is 0. The van der Waals surface area contributed by atoms with Crippen LogP contribution in [0.5, 0.6) is 0 Å². The fourth-order valence-electron chi connectivity index (χ4n) is 1.37. The van der Waals surface area contributed by atoms with E-state index in [2.05, 4.69) is 9.78 Å². The molecule has 5 heteroatoms. The SMILES string of the molecule is CC(C)(O[O-])c1cccc(C(C)(C)OO)c1.[Na+]. The van der Waals surface area contributed by atoms with Gasteiger partial charge in [-0.25, -0.2) is 4.89 Å². The van der Waals surface area contributed by atoms with Crippen molar-refractivity contribution < 1.29 is 49.8 Å². The van der Waals surface area contributed by atoms with Crippen LogP contribution in [-0.2, 0) is 21.0 Å². The first-order valence-corrected chi connectivity index (χ1v) is 5.08. The van der Waals surface area contributed by atoms with Crippen LogP contribution in [0.25, 0.3) is 0 Å². The van der Waals surface area contributed by atoms with Gasteiger partial charge < -0.3 is 10.1 Å². The Morgan fingerprint density at radius 3 is 1.94 bits per heavy atom. The minimum atomic E-state index is -0.901. The van der Waals surface area contributed by atoms with E-state index in [0.717, 1.165) is 11.1 Å². The number of hydrogen-bond acceptors (Lipinski definition) is 4. The van der Waals surface area contributed by atoms with Crippen LogP contribution < -0.4 is 34.8 Å². The summed E-state index contributed by atoms with van der Waals surface area (Å²) in [7, 11) is 0. The van der Waals surface area contributed by atoms with Gasteiger partial charge in [0.2, 0.25) is 0 Å². The summed E-state index contributed by atoms with van der Waals surface area (Å²) in [6.45, 7) is 6.84. The topological polar surface area (TPSA) is 61.8 Å². The Morgan fingerprint density at radius 1 is 1.06 bits per heavy atom. The third-order valence-electron chi connectivity index (χ3n) is 2.69. The van der Waals surface area contributed by atoms with E-state index in [1.54, 1.807) is 45.9 Å². The van der Waals surface area contributed by atoms with Gasteiger partial charge >= 0.3 is 29.6 Å². The van der Waals surface area contributed by atoms with Crippen molar-refractivity contribution in [3.8, 4) is 0 Å². The first-order chi connectivity index (χ1) is 7.33. The summed E-state index contributed by atoms with van der Waals surface area (Å²) < 4.78 is 0. The second-order valence-corrected chi connectivity index (χ2v) is 4.78. The zero-order chi connectivity index (χ0) is 12.4. The van der Waals surface area contributed by atoms with Crippen LogP contribution in [0.1, 0.15) is 38.8 Å². The molecule has 90 valence electrons. The fourth-order valence-corrected chi connectivity index (χ4v) is 1.37. The van der Waals surface area contributed by atoms with Crippen LogP contribution in [0.2, 0.25) is 0 Å². The second-order valence-electron chi connectivity index (χ2n) is 4.78. The molecule has 0 aromatic heterocycles. The molecule has 4 nitrogen and oxygen atoms in total. The monoisotopic (exact) mass is 248 g/mol. The molecule has 0 heterocycles.